The largest absolute Gasteiger partial charge is 0.320 e. The lowest BCUT2D eigenvalue weighted by molar-refractivity contribution is -0.277. The summed E-state index contributed by atoms with van der Waals surface area (Å²) in [6.07, 6.45) is 5.16. The molecule has 1 rings (SSSR count). The van der Waals surface area contributed by atoms with Crippen molar-refractivity contribution in [1.82, 2.24) is 0 Å². The molecule has 0 saturated carbocycles. The maximum absolute atomic E-state index is 9.83. The maximum Gasteiger partial charge on any atom is 0.194 e. The molecule has 1 heterocycles. The van der Waals surface area contributed by atoms with Crippen molar-refractivity contribution >= 4 is 6.29 Å². The van der Waals surface area contributed by atoms with Gasteiger partial charge in [-0.15, -0.1) is 0 Å². The molecule has 62 valence electrons. The van der Waals surface area contributed by atoms with Gasteiger partial charge in [-0.2, -0.15) is 0 Å². The van der Waals surface area contributed by atoms with Gasteiger partial charge in [0.2, 0.25) is 0 Å². The normalized spacial score (nSPS) is 24.5. The minimum Gasteiger partial charge on any atom is -0.320 e. The Balaban J connectivity index is 2.01. The summed E-state index contributed by atoms with van der Waals surface area (Å²) in [4.78, 5) is 19.0. The maximum atomic E-state index is 9.83. The third-order valence-electron chi connectivity index (χ3n) is 1.26. The first kappa shape index (κ1) is 8.39. The smallest absolute Gasteiger partial charge is 0.194 e. The Morgan fingerprint density at radius 3 is 3.09 bits per heavy atom. The van der Waals surface area contributed by atoms with E-state index in [1.165, 1.54) is 6.08 Å². The number of allylic oxidation sites excluding steroid dienone is 2. The number of ether oxygens (including phenoxy) is 1. The van der Waals surface area contributed by atoms with Crippen LogP contribution in [0.15, 0.2) is 12.2 Å². The van der Waals surface area contributed by atoms with E-state index in [0.717, 1.165) is 12.7 Å². The second-order valence-electron chi connectivity index (χ2n) is 2.07. The molecule has 0 amide bonds. The molecule has 1 saturated heterocycles. The second-order valence-corrected chi connectivity index (χ2v) is 2.07. The molecule has 1 aliphatic heterocycles. The summed E-state index contributed by atoms with van der Waals surface area (Å²) in [6, 6.07) is 0. The predicted octanol–water partition coefficient (Wildman–Crippen LogP) is 0.784. The van der Waals surface area contributed by atoms with Gasteiger partial charge in [-0.05, 0) is 12.5 Å². The molecule has 0 aromatic carbocycles. The predicted molar refractivity (Wildman–Crippen MR) is 36.3 cm³/mol. The van der Waals surface area contributed by atoms with Crippen LogP contribution >= 0.6 is 0 Å². The number of rotatable bonds is 4. The Morgan fingerprint density at radius 1 is 1.55 bits per heavy atom. The SMILES string of the molecule is O=C/C=C\CCC1OCOO1. The van der Waals surface area contributed by atoms with Crippen LogP contribution in [0.2, 0.25) is 0 Å². The zero-order valence-electron chi connectivity index (χ0n) is 6.06. The molecule has 0 radical (unpaired) electrons. The highest BCUT2D eigenvalue weighted by atomic mass is 17.3. The van der Waals surface area contributed by atoms with Gasteiger partial charge in [-0.3, -0.25) is 4.79 Å². The van der Waals surface area contributed by atoms with Gasteiger partial charge in [0.05, 0.1) is 0 Å². The summed E-state index contributed by atoms with van der Waals surface area (Å²) in [5.41, 5.74) is 0. The summed E-state index contributed by atoms with van der Waals surface area (Å²) < 4.78 is 4.97. The van der Waals surface area contributed by atoms with E-state index in [4.69, 9.17) is 4.74 Å². The summed E-state index contributed by atoms with van der Waals surface area (Å²) in [7, 11) is 0. The molecule has 0 N–H and O–H groups in total. The molecule has 11 heavy (non-hydrogen) atoms. The first-order valence-corrected chi connectivity index (χ1v) is 3.43. The molecule has 0 aromatic heterocycles. The van der Waals surface area contributed by atoms with Crippen LogP contribution in [0, 0.1) is 0 Å². The number of aldehydes is 1. The molecule has 1 aliphatic rings. The van der Waals surface area contributed by atoms with Crippen LogP contribution in [0.1, 0.15) is 12.8 Å². The van der Waals surface area contributed by atoms with E-state index in [1.807, 2.05) is 0 Å². The summed E-state index contributed by atoms with van der Waals surface area (Å²) in [6.45, 7) is 0.196. The van der Waals surface area contributed by atoms with Crippen LogP contribution in [0.3, 0.4) is 0 Å². The van der Waals surface area contributed by atoms with Crippen molar-refractivity contribution < 1.29 is 19.3 Å². The zero-order valence-corrected chi connectivity index (χ0v) is 6.06. The topological polar surface area (TPSA) is 44.8 Å². The molecule has 1 fully saturated rings. The Labute approximate surface area is 64.7 Å². The van der Waals surface area contributed by atoms with Crippen molar-refractivity contribution in [3.63, 3.8) is 0 Å². The highest BCUT2D eigenvalue weighted by Gasteiger charge is 2.15. The minimum atomic E-state index is -0.272. The fraction of sp³-hybridized carbons (Fsp3) is 0.571. The molecule has 4 heteroatoms. The molecule has 0 spiro atoms. The van der Waals surface area contributed by atoms with E-state index in [1.54, 1.807) is 6.08 Å². The van der Waals surface area contributed by atoms with Crippen molar-refractivity contribution in [2.45, 2.75) is 19.1 Å². The van der Waals surface area contributed by atoms with Crippen LogP contribution in [0.25, 0.3) is 0 Å². The number of carbonyl (C=O) groups is 1. The van der Waals surface area contributed by atoms with E-state index in [2.05, 4.69) is 9.78 Å². The van der Waals surface area contributed by atoms with Crippen LogP contribution in [0.5, 0.6) is 0 Å². The average molecular weight is 158 g/mol. The lowest BCUT2D eigenvalue weighted by Crippen LogP contribution is -2.05. The molecule has 0 bridgehead atoms. The summed E-state index contributed by atoms with van der Waals surface area (Å²) >= 11 is 0. The van der Waals surface area contributed by atoms with Gasteiger partial charge in [-0.1, -0.05) is 6.08 Å². The van der Waals surface area contributed by atoms with E-state index < -0.39 is 0 Å². The zero-order chi connectivity index (χ0) is 7.94. The Morgan fingerprint density at radius 2 is 2.45 bits per heavy atom. The van der Waals surface area contributed by atoms with Gasteiger partial charge in [0.15, 0.2) is 13.1 Å². The standard InChI is InChI=1S/C7H10O4/c8-5-3-1-2-4-7-9-6-10-11-7/h1,3,5,7H,2,4,6H2/b3-1-. The average Bonchev–Trinajstić information content (AvgIpc) is 2.50. The Bertz CT molecular complexity index is 137. The fourth-order valence-electron chi connectivity index (χ4n) is 0.751. The van der Waals surface area contributed by atoms with E-state index >= 15 is 0 Å². The van der Waals surface area contributed by atoms with Crippen molar-refractivity contribution in [3.8, 4) is 0 Å². The third kappa shape index (κ3) is 3.27. The highest BCUT2D eigenvalue weighted by Crippen LogP contribution is 2.10. The highest BCUT2D eigenvalue weighted by molar-refractivity contribution is 5.64. The Kier molecular flexibility index (Phi) is 3.82. The van der Waals surface area contributed by atoms with Crippen LogP contribution in [-0.2, 0) is 19.3 Å². The van der Waals surface area contributed by atoms with E-state index in [9.17, 15) is 4.79 Å². The summed E-state index contributed by atoms with van der Waals surface area (Å²) in [5.74, 6) is 0. The Hall–Kier alpha value is -0.710. The molecule has 1 atom stereocenters. The lowest BCUT2D eigenvalue weighted by Gasteiger charge is -2.01. The van der Waals surface area contributed by atoms with Crippen LogP contribution < -0.4 is 0 Å². The van der Waals surface area contributed by atoms with Crippen molar-refractivity contribution in [2.24, 2.45) is 0 Å². The third-order valence-corrected chi connectivity index (χ3v) is 1.26. The summed E-state index contributed by atoms with van der Waals surface area (Å²) in [5, 5.41) is 0. The van der Waals surface area contributed by atoms with Gasteiger partial charge in [0.1, 0.15) is 6.29 Å². The quantitative estimate of drug-likeness (QED) is 0.344. The van der Waals surface area contributed by atoms with Crippen molar-refractivity contribution in [3.05, 3.63) is 12.2 Å². The van der Waals surface area contributed by atoms with Crippen molar-refractivity contribution in [2.75, 3.05) is 6.79 Å². The van der Waals surface area contributed by atoms with E-state index in [-0.39, 0.29) is 13.1 Å². The van der Waals surface area contributed by atoms with Crippen molar-refractivity contribution in [1.29, 1.82) is 0 Å². The van der Waals surface area contributed by atoms with Crippen LogP contribution in [-0.4, -0.2) is 19.4 Å². The minimum absolute atomic E-state index is 0.196. The molecule has 4 nitrogen and oxygen atoms in total. The number of carbonyl (C=O) groups excluding carboxylic acids is 1. The molecule has 0 aromatic rings. The molecule has 1 unspecified atom stereocenters. The van der Waals surface area contributed by atoms with E-state index in [0.29, 0.717) is 6.42 Å². The molecular weight excluding hydrogens is 148 g/mol. The molecule has 0 aliphatic carbocycles. The number of hydrogen-bond donors (Lipinski definition) is 0. The lowest BCUT2D eigenvalue weighted by atomic mass is 10.3. The van der Waals surface area contributed by atoms with Gasteiger partial charge in [0.25, 0.3) is 0 Å². The number of hydrogen-bond acceptors (Lipinski definition) is 4. The first-order valence-electron chi connectivity index (χ1n) is 3.43. The molecular formula is C7H10O4. The van der Waals surface area contributed by atoms with Gasteiger partial charge < -0.3 is 4.74 Å². The van der Waals surface area contributed by atoms with Gasteiger partial charge in [-0.25, -0.2) is 9.78 Å². The van der Waals surface area contributed by atoms with Gasteiger partial charge >= 0.3 is 0 Å². The monoisotopic (exact) mass is 158 g/mol. The first-order chi connectivity index (χ1) is 5.43. The van der Waals surface area contributed by atoms with Crippen LogP contribution in [0.4, 0.5) is 0 Å². The van der Waals surface area contributed by atoms with Gasteiger partial charge in [0, 0.05) is 6.42 Å². The second kappa shape index (κ2) is 5.01. The fourth-order valence-corrected chi connectivity index (χ4v) is 0.751.